The highest BCUT2D eigenvalue weighted by atomic mass is 16.6. The van der Waals surface area contributed by atoms with Crippen molar-refractivity contribution in [3.63, 3.8) is 0 Å². The van der Waals surface area contributed by atoms with E-state index >= 15 is 0 Å². The Balaban J connectivity index is 1.69. The molecule has 118 valence electrons. The number of hydrogen-bond donors (Lipinski definition) is 0. The van der Waals surface area contributed by atoms with Crippen molar-refractivity contribution in [1.82, 2.24) is 4.90 Å². The minimum absolute atomic E-state index is 0.0131. The van der Waals surface area contributed by atoms with Crippen LogP contribution in [0.1, 0.15) is 44.6 Å². The van der Waals surface area contributed by atoms with Gasteiger partial charge in [0.05, 0.1) is 0 Å². The molecule has 2 aliphatic heterocycles. The molecule has 2 bridgehead atoms. The number of ether oxygens (including phenoxy) is 1. The fraction of sp³-hybridized carbons (Fsp3) is 0.556. The lowest BCUT2D eigenvalue weighted by molar-refractivity contribution is -0.133. The molecule has 4 heteroatoms. The number of Topliss-reactive ketones (excluding diaryl/α,β-unsaturated/α-hetero) is 1. The van der Waals surface area contributed by atoms with Gasteiger partial charge in [-0.05, 0) is 31.2 Å². The Hall–Kier alpha value is -1.84. The van der Waals surface area contributed by atoms with Gasteiger partial charge in [-0.2, -0.15) is 0 Å². The number of fused-ring (bicyclic) bond motifs is 2. The van der Waals surface area contributed by atoms with Gasteiger partial charge < -0.3 is 9.64 Å². The van der Waals surface area contributed by atoms with Crippen molar-refractivity contribution in [2.45, 2.75) is 57.7 Å². The molecule has 2 fully saturated rings. The third-order valence-corrected chi connectivity index (χ3v) is 4.96. The standard InChI is InChI=1S/C18H23NO3/c1-2-15-16-10-6-9-14(11-17(15)20)19(16)18(21)22-12-13-7-4-3-5-8-13/h3-5,7-8,14-16H,2,6,9-12H2,1H3/t14-,15+,16+/m1/s1. The molecule has 0 saturated carbocycles. The van der Waals surface area contributed by atoms with Gasteiger partial charge in [0.1, 0.15) is 12.4 Å². The van der Waals surface area contributed by atoms with E-state index < -0.39 is 0 Å². The van der Waals surface area contributed by atoms with Gasteiger partial charge in [0, 0.05) is 24.4 Å². The van der Waals surface area contributed by atoms with Gasteiger partial charge in [-0.25, -0.2) is 4.79 Å². The molecule has 0 aromatic heterocycles. The van der Waals surface area contributed by atoms with E-state index in [0.29, 0.717) is 18.8 Å². The van der Waals surface area contributed by atoms with Crippen LogP contribution in [0.5, 0.6) is 0 Å². The number of carbonyl (C=O) groups excluding carboxylic acids is 2. The number of nitrogens with zero attached hydrogens (tertiary/aromatic N) is 1. The molecule has 2 saturated heterocycles. The summed E-state index contributed by atoms with van der Waals surface area (Å²) in [6, 6.07) is 9.78. The maximum Gasteiger partial charge on any atom is 0.410 e. The van der Waals surface area contributed by atoms with E-state index in [9.17, 15) is 9.59 Å². The lowest BCUT2D eigenvalue weighted by atomic mass is 9.76. The fourth-order valence-corrected chi connectivity index (χ4v) is 3.88. The number of rotatable bonds is 3. The first-order chi connectivity index (χ1) is 10.7. The van der Waals surface area contributed by atoms with Crippen LogP contribution in [0.25, 0.3) is 0 Å². The van der Waals surface area contributed by atoms with Crippen LogP contribution >= 0.6 is 0 Å². The molecule has 0 radical (unpaired) electrons. The molecule has 0 unspecified atom stereocenters. The second-order valence-electron chi connectivity index (χ2n) is 6.28. The van der Waals surface area contributed by atoms with E-state index in [-0.39, 0.29) is 24.1 Å². The molecule has 3 rings (SSSR count). The molecule has 2 aliphatic rings. The van der Waals surface area contributed by atoms with E-state index in [2.05, 4.69) is 0 Å². The first kappa shape index (κ1) is 15.1. The van der Waals surface area contributed by atoms with Crippen LogP contribution in [-0.4, -0.2) is 28.9 Å². The first-order valence-electron chi connectivity index (χ1n) is 8.22. The van der Waals surface area contributed by atoms with Crippen molar-refractivity contribution in [3.8, 4) is 0 Å². The van der Waals surface area contributed by atoms with Crippen molar-refractivity contribution in [3.05, 3.63) is 35.9 Å². The summed E-state index contributed by atoms with van der Waals surface area (Å²) >= 11 is 0. The second kappa shape index (κ2) is 6.51. The number of ketones is 1. The third kappa shape index (κ3) is 2.87. The van der Waals surface area contributed by atoms with Gasteiger partial charge in [-0.15, -0.1) is 0 Å². The minimum atomic E-state index is -0.260. The predicted octanol–water partition coefficient (Wildman–Crippen LogP) is 3.55. The van der Waals surface area contributed by atoms with Crippen molar-refractivity contribution in [2.24, 2.45) is 5.92 Å². The lowest BCUT2D eigenvalue weighted by Crippen LogP contribution is -2.59. The number of amides is 1. The van der Waals surface area contributed by atoms with Crippen LogP contribution in [0.2, 0.25) is 0 Å². The third-order valence-electron chi connectivity index (χ3n) is 4.96. The predicted molar refractivity (Wildman–Crippen MR) is 83.3 cm³/mol. The molecule has 1 aromatic carbocycles. The summed E-state index contributed by atoms with van der Waals surface area (Å²) in [5.74, 6) is 0.310. The molecule has 3 atom stereocenters. The zero-order chi connectivity index (χ0) is 15.5. The second-order valence-corrected chi connectivity index (χ2v) is 6.28. The Bertz CT molecular complexity index is 543. The highest BCUT2D eigenvalue weighted by Gasteiger charge is 2.46. The first-order valence-corrected chi connectivity index (χ1v) is 8.22. The molecule has 2 heterocycles. The Morgan fingerprint density at radius 1 is 1.27 bits per heavy atom. The number of hydrogen-bond acceptors (Lipinski definition) is 3. The fourth-order valence-electron chi connectivity index (χ4n) is 3.88. The van der Waals surface area contributed by atoms with Crippen molar-refractivity contribution in [2.75, 3.05) is 0 Å². The SMILES string of the molecule is CC[C@@H]1C(=O)C[C@H]2CCC[C@@H]1N2C(=O)OCc1ccccc1. The average molecular weight is 301 g/mol. The number of carbonyl (C=O) groups is 2. The molecule has 4 nitrogen and oxygen atoms in total. The summed E-state index contributed by atoms with van der Waals surface area (Å²) < 4.78 is 5.51. The molecule has 1 aromatic rings. The van der Waals surface area contributed by atoms with Crippen molar-refractivity contribution >= 4 is 11.9 Å². The molecule has 1 amide bonds. The van der Waals surface area contributed by atoms with Gasteiger partial charge >= 0.3 is 6.09 Å². The van der Waals surface area contributed by atoms with Crippen molar-refractivity contribution in [1.29, 1.82) is 0 Å². The zero-order valence-electron chi connectivity index (χ0n) is 13.0. The summed E-state index contributed by atoms with van der Waals surface area (Å²) in [6.07, 6.45) is 3.97. The topological polar surface area (TPSA) is 46.6 Å². The maximum atomic E-state index is 12.5. The molecule has 0 spiro atoms. The summed E-state index contributed by atoms with van der Waals surface area (Å²) in [4.78, 5) is 26.6. The minimum Gasteiger partial charge on any atom is -0.445 e. The van der Waals surface area contributed by atoms with Crippen LogP contribution in [0, 0.1) is 5.92 Å². The van der Waals surface area contributed by atoms with Crippen LogP contribution in [0.4, 0.5) is 4.79 Å². The monoisotopic (exact) mass is 301 g/mol. The lowest BCUT2D eigenvalue weighted by Gasteiger charge is -2.48. The Morgan fingerprint density at radius 3 is 2.77 bits per heavy atom. The zero-order valence-corrected chi connectivity index (χ0v) is 13.0. The van der Waals surface area contributed by atoms with Crippen LogP contribution < -0.4 is 0 Å². The maximum absolute atomic E-state index is 12.5. The molecule has 0 N–H and O–H groups in total. The normalized spacial score (nSPS) is 27.6. The van der Waals surface area contributed by atoms with E-state index in [1.165, 1.54) is 0 Å². The van der Waals surface area contributed by atoms with E-state index in [0.717, 1.165) is 31.2 Å². The highest BCUT2D eigenvalue weighted by Crippen LogP contribution is 2.37. The van der Waals surface area contributed by atoms with Gasteiger partial charge in [0.15, 0.2) is 0 Å². The highest BCUT2D eigenvalue weighted by molar-refractivity contribution is 5.85. The molecular weight excluding hydrogens is 278 g/mol. The molecular formula is C18H23NO3. The Labute approximate surface area is 131 Å². The van der Waals surface area contributed by atoms with Gasteiger partial charge in [-0.1, -0.05) is 37.3 Å². The van der Waals surface area contributed by atoms with Gasteiger partial charge in [-0.3, -0.25) is 4.79 Å². The Kier molecular flexibility index (Phi) is 4.46. The van der Waals surface area contributed by atoms with Gasteiger partial charge in [0.2, 0.25) is 0 Å². The number of piperidine rings is 2. The Morgan fingerprint density at radius 2 is 2.05 bits per heavy atom. The van der Waals surface area contributed by atoms with E-state index in [4.69, 9.17) is 4.74 Å². The molecule has 0 aliphatic carbocycles. The van der Waals surface area contributed by atoms with Crippen LogP contribution in [0.3, 0.4) is 0 Å². The van der Waals surface area contributed by atoms with Crippen molar-refractivity contribution < 1.29 is 14.3 Å². The van der Waals surface area contributed by atoms with Crippen LogP contribution in [-0.2, 0) is 16.1 Å². The van der Waals surface area contributed by atoms with Crippen LogP contribution in [0.15, 0.2) is 30.3 Å². The average Bonchev–Trinajstić information content (AvgIpc) is 2.53. The van der Waals surface area contributed by atoms with Gasteiger partial charge in [0.25, 0.3) is 0 Å². The summed E-state index contributed by atoms with van der Waals surface area (Å²) in [6.45, 7) is 2.32. The van der Waals surface area contributed by atoms with E-state index in [1.54, 1.807) is 0 Å². The largest absolute Gasteiger partial charge is 0.445 e. The summed E-state index contributed by atoms with van der Waals surface area (Å²) in [7, 11) is 0. The molecule has 22 heavy (non-hydrogen) atoms. The summed E-state index contributed by atoms with van der Waals surface area (Å²) in [5, 5.41) is 0. The number of benzene rings is 1. The van der Waals surface area contributed by atoms with E-state index in [1.807, 2.05) is 42.2 Å². The smallest absolute Gasteiger partial charge is 0.410 e. The summed E-state index contributed by atoms with van der Waals surface area (Å²) in [5.41, 5.74) is 0.987. The quantitative estimate of drug-likeness (QED) is 0.858.